The zero-order valence-corrected chi connectivity index (χ0v) is 12.9. The van der Waals surface area contributed by atoms with Crippen LogP contribution >= 0.6 is 11.8 Å². The van der Waals surface area contributed by atoms with Crippen LogP contribution in [0.15, 0.2) is 0 Å². The average molecular weight is 304 g/mol. The standard InChI is InChI=1S/C13H24N2O4S/c1-2-14(4-3-7-16)12(17)10-20-11-13(18)15-5-8-19-9-6-15/h16H,2-11H2,1H3. The minimum absolute atomic E-state index is 0.0285. The summed E-state index contributed by atoms with van der Waals surface area (Å²) in [5.74, 6) is 0.754. The second-order valence-corrected chi connectivity index (χ2v) is 5.52. The van der Waals surface area contributed by atoms with Gasteiger partial charge < -0.3 is 19.6 Å². The van der Waals surface area contributed by atoms with Crippen LogP contribution in [0.3, 0.4) is 0 Å². The quantitative estimate of drug-likeness (QED) is 0.673. The second kappa shape index (κ2) is 10.0. The van der Waals surface area contributed by atoms with Crippen molar-refractivity contribution in [3.63, 3.8) is 0 Å². The van der Waals surface area contributed by atoms with Crippen LogP contribution in [0.4, 0.5) is 0 Å². The summed E-state index contributed by atoms with van der Waals surface area (Å²) in [6.45, 7) is 5.70. The average Bonchev–Trinajstić information content (AvgIpc) is 2.48. The van der Waals surface area contributed by atoms with Crippen molar-refractivity contribution in [2.75, 3.05) is 57.5 Å². The molecule has 0 spiro atoms. The van der Waals surface area contributed by atoms with Gasteiger partial charge in [-0.25, -0.2) is 0 Å². The van der Waals surface area contributed by atoms with Gasteiger partial charge in [0.25, 0.3) is 0 Å². The summed E-state index contributed by atoms with van der Waals surface area (Å²) in [4.78, 5) is 27.3. The van der Waals surface area contributed by atoms with Gasteiger partial charge in [-0.2, -0.15) is 0 Å². The van der Waals surface area contributed by atoms with Crippen molar-refractivity contribution in [2.45, 2.75) is 13.3 Å². The number of carbonyl (C=O) groups is 2. The molecule has 20 heavy (non-hydrogen) atoms. The smallest absolute Gasteiger partial charge is 0.232 e. The maximum Gasteiger partial charge on any atom is 0.232 e. The van der Waals surface area contributed by atoms with Crippen molar-refractivity contribution < 1.29 is 19.4 Å². The highest BCUT2D eigenvalue weighted by Crippen LogP contribution is 2.07. The van der Waals surface area contributed by atoms with E-state index in [0.717, 1.165) is 0 Å². The lowest BCUT2D eigenvalue weighted by Crippen LogP contribution is -2.41. The Hall–Kier alpha value is -0.790. The van der Waals surface area contributed by atoms with E-state index < -0.39 is 0 Å². The van der Waals surface area contributed by atoms with E-state index in [4.69, 9.17) is 9.84 Å². The van der Waals surface area contributed by atoms with Gasteiger partial charge in [0, 0.05) is 32.8 Å². The molecule has 0 aliphatic carbocycles. The number of hydrogen-bond acceptors (Lipinski definition) is 5. The highest BCUT2D eigenvalue weighted by molar-refractivity contribution is 8.00. The molecule has 7 heteroatoms. The highest BCUT2D eigenvalue weighted by Gasteiger charge is 2.18. The summed E-state index contributed by atoms with van der Waals surface area (Å²) >= 11 is 1.35. The van der Waals surface area contributed by atoms with E-state index in [2.05, 4.69) is 0 Å². The Bertz CT molecular complexity index is 309. The first-order valence-electron chi connectivity index (χ1n) is 7.01. The molecule has 1 saturated heterocycles. The largest absolute Gasteiger partial charge is 0.396 e. The summed E-state index contributed by atoms with van der Waals surface area (Å²) in [6, 6.07) is 0. The third-order valence-electron chi connectivity index (χ3n) is 3.14. The first-order valence-corrected chi connectivity index (χ1v) is 8.16. The minimum atomic E-state index is 0.0285. The number of nitrogens with zero attached hydrogens (tertiary/aromatic N) is 2. The molecule has 116 valence electrons. The maximum atomic E-state index is 11.9. The molecule has 0 bridgehead atoms. The Labute approximate surface area is 124 Å². The molecule has 1 aliphatic rings. The van der Waals surface area contributed by atoms with E-state index >= 15 is 0 Å². The van der Waals surface area contributed by atoms with Crippen LogP contribution in [0.5, 0.6) is 0 Å². The van der Waals surface area contributed by atoms with E-state index in [1.165, 1.54) is 11.8 Å². The molecular weight excluding hydrogens is 280 g/mol. The third kappa shape index (κ3) is 6.11. The van der Waals surface area contributed by atoms with Crippen LogP contribution in [0.1, 0.15) is 13.3 Å². The maximum absolute atomic E-state index is 11.9. The van der Waals surface area contributed by atoms with Gasteiger partial charge in [-0.1, -0.05) is 0 Å². The van der Waals surface area contributed by atoms with Gasteiger partial charge in [0.1, 0.15) is 0 Å². The van der Waals surface area contributed by atoms with Crippen LogP contribution in [0.25, 0.3) is 0 Å². The molecule has 6 nitrogen and oxygen atoms in total. The number of hydrogen-bond donors (Lipinski definition) is 1. The number of thioether (sulfide) groups is 1. The fourth-order valence-electron chi connectivity index (χ4n) is 1.94. The summed E-state index contributed by atoms with van der Waals surface area (Å²) in [5, 5.41) is 8.78. The molecule has 0 radical (unpaired) electrons. The van der Waals surface area contributed by atoms with Gasteiger partial charge in [-0.05, 0) is 13.3 Å². The number of morpholine rings is 1. The van der Waals surface area contributed by atoms with Gasteiger partial charge in [0.15, 0.2) is 0 Å². The lowest BCUT2D eigenvalue weighted by Gasteiger charge is -2.26. The highest BCUT2D eigenvalue weighted by atomic mass is 32.2. The zero-order chi connectivity index (χ0) is 14.8. The molecule has 0 unspecified atom stereocenters. The van der Waals surface area contributed by atoms with Crippen molar-refractivity contribution in [1.29, 1.82) is 0 Å². The van der Waals surface area contributed by atoms with E-state index in [1.54, 1.807) is 9.80 Å². The second-order valence-electron chi connectivity index (χ2n) is 4.54. The molecular formula is C13H24N2O4S. The molecule has 0 aromatic heterocycles. The fraction of sp³-hybridized carbons (Fsp3) is 0.846. The van der Waals surface area contributed by atoms with E-state index in [0.29, 0.717) is 57.3 Å². The van der Waals surface area contributed by atoms with Crippen LogP contribution in [0, 0.1) is 0 Å². The molecule has 0 saturated carbocycles. The Morgan fingerprint density at radius 3 is 2.60 bits per heavy atom. The Morgan fingerprint density at radius 1 is 1.30 bits per heavy atom. The molecule has 1 N–H and O–H groups in total. The van der Waals surface area contributed by atoms with Gasteiger partial charge in [0.2, 0.25) is 11.8 Å². The number of ether oxygens (including phenoxy) is 1. The predicted octanol–water partition coefficient (Wildman–Crippen LogP) is -0.191. The lowest BCUT2D eigenvalue weighted by molar-refractivity contribution is -0.132. The minimum Gasteiger partial charge on any atom is -0.396 e. The van der Waals surface area contributed by atoms with E-state index in [1.807, 2.05) is 6.92 Å². The third-order valence-corrected chi connectivity index (χ3v) is 4.04. The molecule has 2 amide bonds. The van der Waals surface area contributed by atoms with Crippen molar-refractivity contribution >= 4 is 23.6 Å². The van der Waals surface area contributed by atoms with Gasteiger partial charge in [-0.3, -0.25) is 9.59 Å². The molecule has 1 rings (SSSR count). The zero-order valence-electron chi connectivity index (χ0n) is 12.0. The Balaban J connectivity index is 2.21. The molecule has 0 aromatic carbocycles. The molecule has 1 aliphatic heterocycles. The normalized spacial score (nSPS) is 15.2. The number of aliphatic hydroxyl groups excluding tert-OH is 1. The first-order chi connectivity index (χ1) is 9.69. The number of rotatable bonds is 8. The molecule has 1 fully saturated rings. The summed E-state index contributed by atoms with van der Waals surface area (Å²) in [5.41, 5.74) is 0. The summed E-state index contributed by atoms with van der Waals surface area (Å²) < 4.78 is 5.19. The summed E-state index contributed by atoms with van der Waals surface area (Å²) in [7, 11) is 0. The van der Waals surface area contributed by atoms with Crippen molar-refractivity contribution in [3.05, 3.63) is 0 Å². The molecule has 1 heterocycles. The van der Waals surface area contributed by atoms with Crippen LogP contribution in [0.2, 0.25) is 0 Å². The number of aliphatic hydroxyl groups is 1. The fourth-order valence-corrected chi connectivity index (χ4v) is 2.76. The van der Waals surface area contributed by atoms with Gasteiger partial charge in [0.05, 0.1) is 24.7 Å². The number of carbonyl (C=O) groups excluding carboxylic acids is 2. The van der Waals surface area contributed by atoms with E-state index in [-0.39, 0.29) is 18.4 Å². The van der Waals surface area contributed by atoms with Gasteiger partial charge in [-0.15, -0.1) is 11.8 Å². The lowest BCUT2D eigenvalue weighted by atomic mass is 10.4. The first kappa shape index (κ1) is 17.3. The Kier molecular flexibility index (Phi) is 8.64. The van der Waals surface area contributed by atoms with Crippen molar-refractivity contribution in [1.82, 2.24) is 9.80 Å². The van der Waals surface area contributed by atoms with Crippen LogP contribution in [-0.2, 0) is 14.3 Å². The van der Waals surface area contributed by atoms with Gasteiger partial charge >= 0.3 is 0 Å². The monoisotopic (exact) mass is 304 g/mol. The molecule has 0 atom stereocenters. The summed E-state index contributed by atoms with van der Waals surface area (Å²) in [6.07, 6.45) is 0.594. The van der Waals surface area contributed by atoms with Crippen LogP contribution in [-0.4, -0.2) is 84.2 Å². The van der Waals surface area contributed by atoms with E-state index in [9.17, 15) is 9.59 Å². The predicted molar refractivity (Wildman–Crippen MR) is 78.7 cm³/mol. The molecule has 0 aromatic rings. The van der Waals surface area contributed by atoms with Crippen molar-refractivity contribution in [3.8, 4) is 0 Å². The number of amides is 2. The SMILES string of the molecule is CCN(CCCO)C(=O)CSCC(=O)N1CCOCC1. The van der Waals surface area contributed by atoms with Crippen molar-refractivity contribution in [2.24, 2.45) is 0 Å². The Morgan fingerprint density at radius 2 is 2.00 bits per heavy atom. The van der Waals surface area contributed by atoms with Crippen LogP contribution < -0.4 is 0 Å². The topological polar surface area (TPSA) is 70.1 Å².